The van der Waals surface area contributed by atoms with Gasteiger partial charge in [-0.2, -0.15) is 0 Å². The minimum atomic E-state index is 0.0107. The molecule has 132 valence electrons. The molecule has 0 unspecified atom stereocenters. The normalized spacial score (nSPS) is 32.0. The molecule has 0 radical (unpaired) electrons. The van der Waals surface area contributed by atoms with Gasteiger partial charge in [-0.25, -0.2) is 0 Å². The highest BCUT2D eigenvalue weighted by Crippen LogP contribution is 2.22. The fourth-order valence-electron chi connectivity index (χ4n) is 4.14. The van der Waals surface area contributed by atoms with Crippen molar-refractivity contribution in [3.63, 3.8) is 0 Å². The fourth-order valence-corrected chi connectivity index (χ4v) is 4.14. The highest BCUT2D eigenvalue weighted by atomic mass is 16.5. The first-order chi connectivity index (χ1) is 10.8. The second kappa shape index (κ2) is 8.13. The third kappa shape index (κ3) is 5.48. The van der Waals surface area contributed by atoms with Crippen molar-refractivity contribution >= 4 is 11.8 Å². The summed E-state index contributed by atoms with van der Waals surface area (Å²) >= 11 is 0. The zero-order chi connectivity index (χ0) is 17.0. The van der Waals surface area contributed by atoms with Crippen LogP contribution in [0.2, 0.25) is 0 Å². The molecule has 2 heterocycles. The quantitative estimate of drug-likeness (QED) is 0.795. The second-order valence-corrected chi connectivity index (χ2v) is 7.98. The Hall–Kier alpha value is -1.10. The molecule has 2 fully saturated rings. The lowest BCUT2D eigenvalue weighted by atomic mass is 9.92. The van der Waals surface area contributed by atoms with Crippen molar-refractivity contribution in [2.45, 2.75) is 40.5 Å². The van der Waals surface area contributed by atoms with Gasteiger partial charge >= 0.3 is 0 Å². The number of carbonyl (C=O) groups is 2. The molecule has 0 aromatic rings. The summed E-state index contributed by atoms with van der Waals surface area (Å²) in [5.41, 5.74) is 0. The minimum Gasteiger partial charge on any atom is -0.362 e. The molecule has 23 heavy (non-hydrogen) atoms. The zero-order valence-corrected chi connectivity index (χ0v) is 15.1. The van der Waals surface area contributed by atoms with E-state index in [1.165, 1.54) is 12.8 Å². The van der Waals surface area contributed by atoms with Gasteiger partial charge in [0.25, 0.3) is 0 Å². The average molecular weight is 324 g/mol. The maximum atomic E-state index is 12.2. The van der Waals surface area contributed by atoms with E-state index < -0.39 is 0 Å². The van der Waals surface area contributed by atoms with Gasteiger partial charge in [-0.1, -0.05) is 27.7 Å². The smallest absolute Gasteiger partial charge is 0.248 e. The predicted molar refractivity (Wildman–Crippen MR) is 89.9 cm³/mol. The van der Waals surface area contributed by atoms with Gasteiger partial charge in [-0.15, -0.1) is 0 Å². The van der Waals surface area contributed by atoms with Crippen LogP contribution in [0, 0.1) is 23.7 Å². The number of likely N-dealkylation sites (tertiary alicyclic amines) is 2. The van der Waals surface area contributed by atoms with Crippen LogP contribution in [0.5, 0.6) is 0 Å². The number of carbonyl (C=O) groups excluding carboxylic acids is 2. The Kier molecular flexibility index (Phi) is 6.45. The molecular weight excluding hydrogens is 292 g/mol. The number of nitrogens with zero attached hydrogens (tertiary/aromatic N) is 2. The molecule has 2 saturated heterocycles. The van der Waals surface area contributed by atoms with E-state index in [4.69, 9.17) is 4.74 Å². The van der Waals surface area contributed by atoms with Gasteiger partial charge in [-0.05, 0) is 36.5 Å². The van der Waals surface area contributed by atoms with Crippen LogP contribution >= 0.6 is 0 Å². The average Bonchev–Trinajstić information content (AvgIpc) is 2.44. The monoisotopic (exact) mass is 324 g/mol. The highest BCUT2D eigenvalue weighted by molar-refractivity contribution is 5.80. The van der Waals surface area contributed by atoms with Crippen LogP contribution in [0.1, 0.15) is 40.5 Å². The van der Waals surface area contributed by atoms with Crippen LogP contribution in [0.15, 0.2) is 0 Å². The lowest BCUT2D eigenvalue weighted by Gasteiger charge is -2.35. The van der Waals surface area contributed by atoms with E-state index in [1.807, 2.05) is 9.80 Å². The first kappa shape index (κ1) is 18.2. The molecule has 2 amide bonds. The van der Waals surface area contributed by atoms with Crippen molar-refractivity contribution in [1.82, 2.24) is 9.80 Å². The van der Waals surface area contributed by atoms with Crippen molar-refractivity contribution in [3.05, 3.63) is 0 Å². The van der Waals surface area contributed by atoms with Crippen molar-refractivity contribution in [3.8, 4) is 0 Å². The Bertz CT molecular complexity index is 368. The predicted octanol–water partition coefficient (Wildman–Crippen LogP) is 2.01. The van der Waals surface area contributed by atoms with Gasteiger partial charge in [0, 0.05) is 26.2 Å². The number of rotatable bonds is 4. The topological polar surface area (TPSA) is 49.9 Å². The number of hydrogen-bond acceptors (Lipinski definition) is 3. The molecular formula is C18H32N2O3. The standard InChI is InChI=1S/C18H32N2O3/c1-13-5-14(2)8-19(7-13)17(21)11-23-12-18(22)20-9-15(3)6-16(4)10-20/h13-16H,5-12H2,1-4H3/t13-,14-,15-,16-/m1/s1. The molecule has 0 saturated carbocycles. The summed E-state index contributed by atoms with van der Waals surface area (Å²) in [4.78, 5) is 28.2. The van der Waals surface area contributed by atoms with E-state index in [2.05, 4.69) is 27.7 Å². The highest BCUT2D eigenvalue weighted by Gasteiger charge is 2.27. The fraction of sp³-hybridized carbons (Fsp3) is 0.889. The molecule has 0 spiro atoms. The van der Waals surface area contributed by atoms with E-state index in [-0.39, 0.29) is 25.0 Å². The molecule has 0 aliphatic carbocycles. The van der Waals surface area contributed by atoms with Crippen molar-refractivity contribution in [2.24, 2.45) is 23.7 Å². The Morgan fingerprint density at radius 2 is 1.04 bits per heavy atom. The molecule has 0 aromatic heterocycles. The lowest BCUT2D eigenvalue weighted by Crippen LogP contribution is -2.46. The van der Waals surface area contributed by atoms with Gasteiger partial charge < -0.3 is 14.5 Å². The number of hydrogen-bond donors (Lipinski definition) is 0. The minimum absolute atomic E-state index is 0.0107. The summed E-state index contributed by atoms with van der Waals surface area (Å²) in [6.07, 6.45) is 2.35. The van der Waals surface area contributed by atoms with Gasteiger partial charge in [0.1, 0.15) is 13.2 Å². The molecule has 4 atom stereocenters. The Labute approximate surface area is 140 Å². The Balaban J connectivity index is 1.71. The van der Waals surface area contributed by atoms with Crippen LogP contribution in [-0.2, 0) is 14.3 Å². The molecule has 0 N–H and O–H groups in total. The SMILES string of the molecule is C[C@@H]1C[C@@H](C)CN(C(=O)COCC(=O)N2C[C@H](C)C[C@@H](C)C2)C1. The lowest BCUT2D eigenvalue weighted by molar-refractivity contribution is -0.144. The summed E-state index contributed by atoms with van der Waals surface area (Å²) in [6, 6.07) is 0. The number of amides is 2. The van der Waals surface area contributed by atoms with E-state index in [0.29, 0.717) is 23.7 Å². The summed E-state index contributed by atoms with van der Waals surface area (Å²) in [5.74, 6) is 2.19. The third-order valence-electron chi connectivity index (χ3n) is 4.89. The van der Waals surface area contributed by atoms with Crippen LogP contribution in [-0.4, -0.2) is 61.0 Å². The number of ether oxygens (including phenoxy) is 1. The van der Waals surface area contributed by atoms with Crippen molar-refractivity contribution in [1.29, 1.82) is 0 Å². The van der Waals surface area contributed by atoms with E-state index in [9.17, 15) is 9.59 Å². The zero-order valence-electron chi connectivity index (χ0n) is 15.1. The first-order valence-electron chi connectivity index (χ1n) is 8.98. The van der Waals surface area contributed by atoms with Gasteiger partial charge in [0.05, 0.1) is 0 Å². The molecule has 2 aliphatic rings. The summed E-state index contributed by atoms with van der Waals surface area (Å²) in [6.45, 7) is 12.0. The van der Waals surface area contributed by atoms with Crippen molar-refractivity contribution < 1.29 is 14.3 Å². The largest absolute Gasteiger partial charge is 0.362 e. The van der Waals surface area contributed by atoms with Crippen molar-refractivity contribution in [2.75, 3.05) is 39.4 Å². The van der Waals surface area contributed by atoms with Crippen LogP contribution in [0.25, 0.3) is 0 Å². The molecule has 2 aliphatic heterocycles. The molecule has 5 nitrogen and oxygen atoms in total. The second-order valence-electron chi connectivity index (χ2n) is 7.98. The summed E-state index contributed by atoms with van der Waals surface area (Å²) in [7, 11) is 0. The van der Waals surface area contributed by atoms with Gasteiger partial charge in [0.2, 0.25) is 11.8 Å². The van der Waals surface area contributed by atoms with Crippen LogP contribution in [0.4, 0.5) is 0 Å². The molecule has 5 heteroatoms. The summed E-state index contributed by atoms with van der Waals surface area (Å²) < 4.78 is 5.42. The molecule has 0 bridgehead atoms. The molecule has 0 aromatic carbocycles. The van der Waals surface area contributed by atoms with Crippen LogP contribution in [0.3, 0.4) is 0 Å². The van der Waals surface area contributed by atoms with Gasteiger partial charge in [0.15, 0.2) is 0 Å². The maximum absolute atomic E-state index is 12.2. The molecule has 2 rings (SSSR count). The Morgan fingerprint density at radius 3 is 1.35 bits per heavy atom. The van der Waals surface area contributed by atoms with E-state index in [0.717, 1.165) is 26.2 Å². The van der Waals surface area contributed by atoms with E-state index >= 15 is 0 Å². The third-order valence-corrected chi connectivity index (χ3v) is 4.89. The van der Waals surface area contributed by atoms with Gasteiger partial charge in [-0.3, -0.25) is 9.59 Å². The van der Waals surface area contributed by atoms with E-state index in [1.54, 1.807) is 0 Å². The number of piperidine rings is 2. The Morgan fingerprint density at radius 1 is 0.739 bits per heavy atom. The van der Waals surface area contributed by atoms with Crippen LogP contribution < -0.4 is 0 Å². The maximum Gasteiger partial charge on any atom is 0.248 e. The summed E-state index contributed by atoms with van der Waals surface area (Å²) in [5, 5.41) is 0. The first-order valence-corrected chi connectivity index (χ1v) is 8.98.